The summed E-state index contributed by atoms with van der Waals surface area (Å²) < 4.78 is 5.70. The van der Waals surface area contributed by atoms with Crippen LogP contribution in [0.4, 0.5) is 0 Å². The van der Waals surface area contributed by atoms with Crippen molar-refractivity contribution in [3.8, 4) is 11.5 Å². The van der Waals surface area contributed by atoms with E-state index < -0.39 is 0 Å². The third-order valence-electron chi connectivity index (χ3n) is 2.47. The zero-order valence-corrected chi connectivity index (χ0v) is 9.94. The van der Waals surface area contributed by atoms with E-state index in [0.717, 1.165) is 11.3 Å². The van der Waals surface area contributed by atoms with Crippen LogP contribution in [0.3, 0.4) is 0 Å². The molecule has 0 fully saturated rings. The second kappa shape index (κ2) is 4.83. The van der Waals surface area contributed by atoms with Gasteiger partial charge in [-0.05, 0) is 43.7 Å². The highest BCUT2D eigenvalue weighted by Crippen LogP contribution is 2.23. The van der Waals surface area contributed by atoms with Gasteiger partial charge in [0.2, 0.25) is 0 Å². The van der Waals surface area contributed by atoms with Crippen LogP contribution in [-0.2, 0) is 0 Å². The summed E-state index contributed by atoms with van der Waals surface area (Å²) >= 11 is 0. The molecule has 2 nitrogen and oxygen atoms in total. The van der Waals surface area contributed by atoms with Crippen molar-refractivity contribution in [1.29, 1.82) is 0 Å². The first-order valence-corrected chi connectivity index (χ1v) is 5.51. The Hall–Kier alpha value is -2.09. The summed E-state index contributed by atoms with van der Waals surface area (Å²) in [6, 6.07) is 15.0. The van der Waals surface area contributed by atoms with Crippen molar-refractivity contribution in [2.24, 2.45) is 0 Å². The molecule has 2 aromatic rings. The third-order valence-corrected chi connectivity index (χ3v) is 2.47. The molecule has 0 aliphatic heterocycles. The van der Waals surface area contributed by atoms with E-state index in [1.807, 2.05) is 43.3 Å². The van der Waals surface area contributed by atoms with Crippen LogP contribution in [0.2, 0.25) is 0 Å². The molecular formula is C15H14O2. The van der Waals surface area contributed by atoms with Crippen LogP contribution in [-0.4, -0.2) is 5.78 Å². The average molecular weight is 226 g/mol. The number of benzene rings is 2. The van der Waals surface area contributed by atoms with Crippen molar-refractivity contribution < 1.29 is 9.53 Å². The largest absolute Gasteiger partial charge is 0.457 e. The Morgan fingerprint density at radius 1 is 1.00 bits per heavy atom. The van der Waals surface area contributed by atoms with Crippen molar-refractivity contribution in [1.82, 2.24) is 0 Å². The summed E-state index contributed by atoms with van der Waals surface area (Å²) in [6.07, 6.45) is 0. The molecule has 17 heavy (non-hydrogen) atoms. The van der Waals surface area contributed by atoms with Crippen LogP contribution < -0.4 is 4.74 Å². The fourth-order valence-electron chi connectivity index (χ4n) is 1.59. The number of carbonyl (C=O) groups excluding carboxylic acids is 1. The molecule has 0 aromatic heterocycles. The van der Waals surface area contributed by atoms with E-state index in [-0.39, 0.29) is 5.78 Å². The first-order valence-electron chi connectivity index (χ1n) is 5.51. The number of rotatable bonds is 3. The van der Waals surface area contributed by atoms with E-state index in [1.54, 1.807) is 19.1 Å². The number of hydrogen-bond donors (Lipinski definition) is 0. The third kappa shape index (κ3) is 2.94. The molecule has 2 rings (SSSR count). The molecule has 0 spiro atoms. The van der Waals surface area contributed by atoms with Gasteiger partial charge >= 0.3 is 0 Å². The lowest BCUT2D eigenvalue weighted by atomic mass is 10.1. The molecule has 0 heterocycles. The van der Waals surface area contributed by atoms with E-state index in [4.69, 9.17) is 4.74 Å². The van der Waals surface area contributed by atoms with Crippen molar-refractivity contribution in [3.63, 3.8) is 0 Å². The van der Waals surface area contributed by atoms with Gasteiger partial charge in [-0.3, -0.25) is 4.79 Å². The monoisotopic (exact) mass is 226 g/mol. The van der Waals surface area contributed by atoms with Gasteiger partial charge in [-0.1, -0.05) is 24.3 Å². The number of ether oxygens (including phenoxy) is 1. The van der Waals surface area contributed by atoms with Gasteiger partial charge in [0.25, 0.3) is 0 Å². The van der Waals surface area contributed by atoms with E-state index in [9.17, 15) is 4.79 Å². The Labute approximate surface area is 101 Å². The number of Topliss-reactive ketones (excluding diaryl/α,β-unsaturated/α-hetero) is 1. The molecule has 0 aliphatic rings. The van der Waals surface area contributed by atoms with Gasteiger partial charge in [0.05, 0.1) is 0 Å². The summed E-state index contributed by atoms with van der Waals surface area (Å²) in [6.45, 7) is 3.56. The summed E-state index contributed by atoms with van der Waals surface area (Å²) in [5.74, 6) is 1.51. The summed E-state index contributed by atoms with van der Waals surface area (Å²) in [7, 11) is 0. The molecule has 86 valence electrons. The molecule has 0 unspecified atom stereocenters. The topological polar surface area (TPSA) is 26.3 Å². The molecule has 2 heteroatoms. The van der Waals surface area contributed by atoms with Crippen LogP contribution in [0.15, 0.2) is 48.5 Å². The number of carbonyl (C=O) groups is 1. The minimum atomic E-state index is 0.0414. The minimum Gasteiger partial charge on any atom is -0.457 e. The first kappa shape index (κ1) is 11.4. The highest BCUT2D eigenvalue weighted by Gasteiger charge is 2.02. The predicted octanol–water partition coefficient (Wildman–Crippen LogP) is 3.99. The highest BCUT2D eigenvalue weighted by molar-refractivity contribution is 5.94. The fraction of sp³-hybridized carbons (Fsp3) is 0.133. The number of aryl methyl sites for hydroxylation is 1. The second-order valence-electron chi connectivity index (χ2n) is 4.00. The highest BCUT2D eigenvalue weighted by atomic mass is 16.5. The van der Waals surface area contributed by atoms with Crippen LogP contribution in [0.1, 0.15) is 22.8 Å². The summed E-state index contributed by atoms with van der Waals surface area (Å²) in [5, 5.41) is 0. The Balaban J connectivity index is 2.24. The Bertz CT molecular complexity index is 544. The van der Waals surface area contributed by atoms with Crippen molar-refractivity contribution in [2.75, 3.05) is 0 Å². The van der Waals surface area contributed by atoms with E-state index in [0.29, 0.717) is 11.3 Å². The molecule has 0 aliphatic carbocycles. The molecule has 0 radical (unpaired) electrons. The Morgan fingerprint density at radius 2 is 1.65 bits per heavy atom. The number of hydrogen-bond acceptors (Lipinski definition) is 2. The smallest absolute Gasteiger partial charge is 0.159 e. The molecular weight excluding hydrogens is 212 g/mol. The van der Waals surface area contributed by atoms with Crippen LogP contribution in [0.25, 0.3) is 0 Å². The van der Waals surface area contributed by atoms with E-state index in [1.165, 1.54) is 0 Å². The summed E-state index contributed by atoms with van der Waals surface area (Å²) in [4.78, 5) is 11.2. The standard InChI is InChI=1S/C15H14O2/c1-11-5-3-7-14(9-11)17-15-8-4-6-13(10-15)12(2)16/h3-10H,1-2H3. The summed E-state index contributed by atoms with van der Waals surface area (Å²) in [5.41, 5.74) is 1.81. The minimum absolute atomic E-state index is 0.0414. The van der Waals surface area contributed by atoms with Gasteiger partial charge in [-0.25, -0.2) is 0 Å². The molecule has 0 saturated heterocycles. The Morgan fingerprint density at radius 3 is 2.29 bits per heavy atom. The maximum Gasteiger partial charge on any atom is 0.159 e. The van der Waals surface area contributed by atoms with Crippen molar-refractivity contribution >= 4 is 5.78 Å². The second-order valence-corrected chi connectivity index (χ2v) is 4.00. The van der Waals surface area contributed by atoms with Gasteiger partial charge in [-0.15, -0.1) is 0 Å². The molecule has 0 saturated carbocycles. The lowest BCUT2D eigenvalue weighted by molar-refractivity contribution is 0.101. The normalized spacial score (nSPS) is 10.0. The maximum absolute atomic E-state index is 11.2. The molecule has 0 amide bonds. The lowest BCUT2D eigenvalue weighted by Crippen LogP contribution is -1.92. The average Bonchev–Trinajstić information content (AvgIpc) is 2.29. The van der Waals surface area contributed by atoms with Gasteiger partial charge in [0.15, 0.2) is 5.78 Å². The van der Waals surface area contributed by atoms with Crippen molar-refractivity contribution in [3.05, 3.63) is 59.7 Å². The lowest BCUT2D eigenvalue weighted by Gasteiger charge is -2.07. The first-order chi connectivity index (χ1) is 8.15. The van der Waals surface area contributed by atoms with Crippen LogP contribution in [0.5, 0.6) is 11.5 Å². The maximum atomic E-state index is 11.2. The molecule has 0 N–H and O–H groups in total. The quantitative estimate of drug-likeness (QED) is 0.740. The number of ketones is 1. The van der Waals surface area contributed by atoms with Gasteiger partial charge in [0, 0.05) is 5.56 Å². The van der Waals surface area contributed by atoms with Gasteiger partial charge < -0.3 is 4.74 Å². The molecule has 0 atom stereocenters. The van der Waals surface area contributed by atoms with Gasteiger partial charge in [0.1, 0.15) is 11.5 Å². The zero-order valence-electron chi connectivity index (χ0n) is 9.94. The zero-order chi connectivity index (χ0) is 12.3. The van der Waals surface area contributed by atoms with Crippen LogP contribution >= 0.6 is 0 Å². The predicted molar refractivity (Wildman–Crippen MR) is 67.7 cm³/mol. The van der Waals surface area contributed by atoms with E-state index in [2.05, 4.69) is 0 Å². The molecule has 0 bridgehead atoms. The van der Waals surface area contributed by atoms with Gasteiger partial charge in [-0.2, -0.15) is 0 Å². The Kier molecular flexibility index (Phi) is 3.24. The fourth-order valence-corrected chi connectivity index (χ4v) is 1.59. The molecule has 2 aromatic carbocycles. The van der Waals surface area contributed by atoms with Crippen LogP contribution in [0, 0.1) is 6.92 Å². The van der Waals surface area contributed by atoms with Crippen molar-refractivity contribution in [2.45, 2.75) is 13.8 Å². The SMILES string of the molecule is CC(=O)c1cccc(Oc2cccc(C)c2)c1. The van der Waals surface area contributed by atoms with E-state index >= 15 is 0 Å².